The average molecular weight is 398 g/mol. The molecule has 0 aromatic heterocycles. The van der Waals surface area contributed by atoms with E-state index in [1.165, 1.54) is 16.3 Å². The largest absolute Gasteiger partial charge is 0.390 e. The van der Waals surface area contributed by atoms with Crippen molar-refractivity contribution < 1.29 is 14.6 Å². The molecular weight excluding hydrogens is 362 g/mol. The minimum Gasteiger partial charge on any atom is -0.390 e. The van der Waals surface area contributed by atoms with Crippen LogP contribution in [0.15, 0.2) is 42.5 Å². The molecule has 2 N–H and O–H groups in total. The number of aliphatic hydroxyl groups is 1. The monoisotopic (exact) mass is 397 g/mol. The van der Waals surface area contributed by atoms with Crippen molar-refractivity contribution >= 4 is 10.8 Å². The lowest BCUT2D eigenvalue weighted by Gasteiger charge is -2.48. The summed E-state index contributed by atoms with van der Waals surface area (Å²) in [5, 5.41) is 17.2. The lowest BCUT2D eigenvalue weighted by molar-refractivity contribution is -0.319. The molecule has 0 amide bonds. The van der Waals surface area contributed by atoms with Gasteiger partial charge in [0.1, 0.15) is 0 Å². The van der Waals surface area contributed by atoms with Crippen molar-refractivity contribution in [2.45, 2.75) is 70.3 Å². The quantitative estimate of drug-likeness (QED) is 0.749. The number of rotatable bonds is 5. The van der Waals surface area contributed by atoms with Gasteiger partial charge in [-0.2, -0.15) is 0 Å². The summed E-state index contributed by atoms with van der Waals surface area (Å²) < 4.78 is 12.2. The van der Waals surface area contributed by atoms with Crippen LogP contribution >= 0.6 is 0 Å². The Hall–Kier alpha value is -1.46. The van der Waals surface area contributed by atoms with Crippen molar-refractivity contribution in [1.82, 2.24) is 5.32 Å². The van der Waals surface area contributed by atoms with Crippen molar-refractivity contribution in [3.8, 4) is 0 Å². The van der Waals surface area contributed by atoms with E-state index >= 15 is 0 Å². The van der Waals surface area contributed by atoms with Crippen molar-refractivity contribution in [2.24, 2.45) is 5.41 Å². The molecule has 1 aliphatic carbocycles. The highest BCUT2D eigenvalue weighted by atomic mass is 16.7. The van der Waals surface area contributed by atoms with Gasteiger partial charge in [0.2, 0.25) is 0 Å². The van der Waals surface area contributed by atoms with Gasteiger partial charge in [0.05, 0.1) is 18.8 Å². The summed E-state index contributed by atoms with van der Waals surface area (Å²) in [6, 6.07) is 15.3. The van der Waals surface area contributed by atoms with Gasteiger partial charge in [-0.25, -0.2) is 0 Å². The van der Waals surface area contributed by atoms with Gasteiger partial charge in [-0.1, -0.05) is 50.2 Å². The molecule has 1 atom stereocenters. The van der Waals surface area contributed by atoms with Gasteiger partial charge < -0.3 is 19.9 Å². The summed E-state index contributed by atoms with van der Waals surface area (Å²) in [5.74, 6) is -0.465. The fourth-order valence-corrected chi connectivity index (χ4v) is 4.49. The molecule has 0 radical (unpaired) electrons. The third-order valence-electron chi connectivity index (χ3n) is 6.71. The van der Waals surface area contributed by atoms with Gasteiger partial charge in [0, 0.05) is 24.3 Å². The molecule has 0 unspecified atom stereocenters. The molecule has 1 heterocycles. The molecule has 4 nitrogen and oxygen atoms in total. The summed E-state index contributed by atoms with van der Waals surface area (Å²) in [6.45, 7) is 8.79. The van der Waals surface area contributed by atoms with E-state index in [4.69, 9.17) is 9.47 Å². The van der Waals surface area contributed by atoms with E-state index in [0.29, 0.717) is 0 Å². The molecule has 158 valence electrons. The normalized spacial score (nSPS) is 23.9. The Kier molecular flexibility index (Phi) is 5.73. The van der Waals surface area contributed by atoms with Crippen LogP contribution in [0, 0.1) is 5.41 Å². The first kappa shape index (κ1) is 20.8. The fourth-order valence-electron chi connectivity index (χ4n) is 4.49. The van der Waals surface area contributed by atoms with E-state index in [0.717, 1.165) is 51.9 Å². The zero-order chi connectivity index (χ0) is 20.5. The predicted molar refractivity (Wildman–Crippen MR) is 117 cm³/mol. The van der Waals surface area contributed by atoms with Gasteiger partial charge in [-0.3, -0.25) is 0 Å². The first-order valence-electron chi connectivity index (χ1n) is 11.0. The van der Waals surface area contributed by atoms with E-state index in [1.54, 1.807) is 0 Å². The number of benzene rings is 2. The zero-order valence-electron chi connectivity index (χ0n) is 18.0. The Morgan fingerprint density at radius 2 is 1.62 bits per heavy atom. The van der Waals surface area contributed by atoms with E-state index < -0.39 is 11.4 Å². The Balaban J connectivity index is 1.27. The van der Waals surface area contributed by atoms with Crippen molar-refractivity contribution in [2.75, 3.05) is 19.8 Å². The molecule has 4 rings (SSSR count). The standard InChI is InChI=1S/C25H35NO3/c1-19(21-9-8-20-6-4-5-7-22(20)16-21)26-15-14-24(27)10-12-25(13-11-24)28-17-23(2,3)18-29-25/h4-9,16,19,26-27H,10-15,17-18H2,1-3H3/t19-/m0/s1. The smallest absolute Gasteiger partial charge is 0.168 e. The fraction of sp³-hybridized carbons (Fsp3) is 0.600. The molecule has 1 saturated carbocycles. The molecule has 1 aliphatic heterocycles. The maximum atomic E-state index is 11.1. The maximum absolute atomic E-state index is 11.1. The van der Waals surface area contributed by atoms with Crippen LogP contribution in [0.4, 0.5) is 0 Å². The van der Waals surface area contributed by atoms with Gasteiger partial charge in [0.25, 0.3) is 0 Å². The summed E-state index contributed by atoms with van der Waals surface area (Å²) in [6.07, 6.45) is 3.78. The second kappa shape index (κ2) is 7.99. The van der Waals surface area contributed by atoms with Crippen LogP contribution in [0.1, 0.15) is 64.5 Å². The molecular formula is C25H35NO3. The summed E-state index contributed by atoms with van der Waals surface area (Å²) in [5.41, 5.74) is 0.743. The molecule has 4 heteroatoms. The molecule has 2 fully saturated rings. The van der Waals surface area contributed by atoms with Gasteiger partial charge in [-0.05, 0) is 55.1 Å². The molecule has 0 bridgehead atoms. The highest BCUT2D eigenvalue weighted by molar-refractivity contribution is 5.83. The molecule has 2 aliphatic rings. The van der Waals surface area contributed by atoms with Crippen LogP contribution < -0.4 is 5.32 Å². The lowest BCUT2D eigenvalue weighted by Crippen LogP contribution is -2.52. The number of hydrogen-bond donors (Lipinski definition) is 2. The molecule has 1 saturated heterocycles. The number of hydrogen-bond acceptors (Lipinski definition) is 4. The third kappa shape index (κ3) is 4.83. The lowest BCUT2D eigenvalue weighted by atomic mass is 9.78. The number of ether oxygens (including phenoxy) is 2. The Labute approximate surface area is 174 Å². The number of fused-ring (bicyclic) bond motifs is 1. The first-order chi connectivity index (χ1) is 13.8. The Morgan fingerprint density at radius 1 is 0.966 bits per heavy atom. The minimum atomic E-state index is -0.624. The van der Waals surface area contributed by atoms with Crippen LogP contribution in [0.2, 0.25) is 0 Å². The Morgan fingerprint density at radius 3 is 2.31 bits per heavy atom. The maximum Gasteiger partial charge on any atom is 0.168 e. The minimum absolute atomic E-state index is 0.0851. The third-order valence-corrected chi connectivity index (χ3v) is 6.71. The molecule has 29 heavy (non-hydrogen) atoms. The average Bonchev–Trinajstić information content (AvgIpc) is 2.72. The second-order valence-electron chi connectivity index (χ2n) is 9.91. The van der Waals surface area contributed by atoms with Crippen LogP contribution in [-0.2, 0) is 9.47 Å². The number of nitrogens with one attached hydrogen (secondary N) is 1. The van der Waals surface area contributed by atoms with Crippen LogP contribution in [0.25, 0.3) is 10.8 Å². The molecule has 2 aromatic rings. The molecule has 1 spiro atoms. The van der Waals surface area contributed by atoms with Crippen molar-refractivity contribution in [3.05, 3.63) is 48.0 Å². The van der Waals surface area contributed by atoms with Crippen LogP contribution in [0.3, 0.4) is 0 Å². The topological polar surface area (TPSA) is 50.7 Å². The van der Waals surface area contributed by atoms with Gasteiger partial charge in [-0.15, -0.1) is 0 Å². The van der Waals surface area contributed by atoms with Crippen molar-refractivity contribution in [3.63, 3.8) is 0 Å². The Bertz CT molecular complexity index is 827. The second-order valence-corrected chi connectivity index (χ2v) is 9.91. The van der Waals surface area contributed by atoms with E-state index in [1.807, 2.05) is 0 Å². The highest BCUT2D eigenvalue weighted by Crippen LogP contribution is 2.43. The zero-order valence-corrected chi connectivity index (χ0v) is 18.0. The van der Waals surface area contributed by atoms with Crippen LogP contribution in [0.5, 0.6) is 0 Å². The van der Waals surface area contributed by atoms with Gasteiger partial charge >= 0.3 is 0 Å². The van der Waals surface area contributed by atoms with Crippen molar-refractivity contribution in [1.29, 1.82) is 0 Å². The van der Waals surface area contributed by atoms with Crippen LogP contribution in [-0.4, -0.2) is 36.3 Å². The first-order valence-corrected chi connectivity index (χ1v) is 11.0. The van der Waals surface area contributed by atoms with E-state index in [2.05, 4.69) is 68.6 Å². The highest BCUT2D eigenvalue weighted by Gasteiger charge is 2.46. The SMILES string of the molecule is C[C@H](NCCC1(O)CCC2(CC1)OCC(C)(C)CO2)c1ccc2ccccc2c1. The summed E-state index contributed by atoms with van der Waals surface area (Å²) in [4.78, 5) is 0. The van der Waals surface area contributed by atoms with E-state index in [-0.39, 0.29) is 11.5 Å². The van der Waals surface area contributed by atoms with E-state index in [9.17, 15) is 5.11 Å². The summed E-state index contributed by atoms with van der Waals surface area (Å²) >= 11 is 0. The predicted octanol–water partition coefficient (Wildman–Crippen LogP) is 4.95. The van der Waals surface area contributed by atoms with Gasteiger partial charge in [0.15, 0.2) is 5.79 Å². The summed E-state index contributed by atoms with van der Waals surface area (Å²) in [7, 11) is 0. The molecule has 2 aromatic carbocycles.